The highest BCUT2D eigenvalue weighted by Gasteiger charge is 2.55. The van der Waals surface area contributed by atoms with Gasteiger partial charge in [0.05, 0.1) is 23.0 Å². The number of nitrogens with zero attached hydrogens (tertiary/aromatic N) is 2. The summed E-state index contributed by atoms with van der Waals surface area (Å²) < 4.78 is 0. The third-order valence-corrected chi connectivity index (χ3v) is 6.75. The highest BCUT2D eigenvalue weighted by Crippen LogP contribution is 2.52. The lowest BCUT2D eigenvalue weighted by Gasteiger charge is -2.52. The Hall–Kier alpha value is -1.88. The molecule has 132 valence electrons. The van der Waals surface area contributed by atoms with Crippen LogP contribution in [0.15, 0.2) is 24.5 Å². The number of imidazole rings is 1. The fourth-order valence-corrected chi connectivity index (χ4v) is 5.35. The predicted molar refractivity (Wildman–Crippen MR) is 95.2 cm³/mol. The van der Waals surface area contributed by atoms with Crippen molar-refractivity contribution in [3.8, 4) is 0 Å². The maximum absolute atomic E-state index is 13.4. The maximum atomic E-state index is 13.4. The Bertz CT molecular complexity index is 812. The van der Waals surface area contributed by atoms with E-state index in [1.54, 1.807) is 6.33 Å². The number of fused-ring (bicyclic) bond motifs is 2. The normalized spacial score (nSPS) is 32.6. The molecule has 1 aliphatic heterocycles. The third-order valence-electron chi connectivity index (χ3n) is 6.75. The smallest absolute Gasteiger partial charge is 0.256 e. The van der Waals surface area contributed by atoms with Gasteiger partial charge in [-0.15, -0.1) is 0 Å². The predicted octanol–water partition coefficient (Wildman–Crippen LogP) is 3.11. The summed E-state index contributed by atoms with van der Waals surface area (Å²) in [5.41, 5.74) is 1.79. The molecule has 25 heavy (non-hydrogen) atoms. The van der Waals surface area contributed by atoms with Crippen molar-refractivity contribution >= 4 is 16.9 Å². The van der Waals surface area contributed by atoms with Gasteiger partial charge in [-0.2, -0.15) is 0 Å². The molecule has 1 aromatic heterocycles. The first-order chi connectivity index (χ1) is 12.2. The maximum Gasteiger partial charge on any atom is 0.256 e. The molecule has 2 aliphatic carbocycles. The summed E-state index contributed by atoms with van der Waals surface area (Å²) in [5.74, 6) is 0.780. The summed E-state index contributed by atoms with van der Waals surface area (Å²) in [5, 5.41) is 11.4. The average molecular weight is 339 g/mol. The van der Waals surface area contributed by atoms with E-state index < -0.39 is 5.60 Å². The quantitative estimate of drug-likeness (QED) is 0.883. The van der Waals surface area contributed by atoms with Gasteiger partial charge in [0.15, 0.2) is 0 Å². The Morgan fingerprint density at radius 3 is 2.92 bits per heavy atom. The molecule has 3 aliphatic rings. The minimum atomic E-state index is -0.541. The van der Waals surface area contributed by atoms with E-state index in [9.17, 15) is 9.90 Å². The first kappa shape index (κ1) is 15.4. The molecule has 2 heterocycles. The van der Waals surface area contributed by atoms with Crippen LogP contribution >= 0.6 is 0 Å². The van der Waals surface area contributed by atoms with E-state index >= 15 is 0 Å². The van der Waals surface area contributed by atoms with Crippen LogP contribution in [0.3, 0.4) is 0 Å². The number of para-hydroxylation sites is 1. The van der Waals surface area contributed by atoms with E-state index in [2.05, 4.69) is 9.97 Å². The highest BCUT2D eigenvalue weighted by atomic mass is 16.3. The lowest BCUT2D eigenvalue weighted by molar-refractivity contribution is -0.118. The molecule has 3 fully saturated rings. The van der Waals surface area contributed by atoms with Gasteiger partial charge in [0.25, 0.3) is 5.91 Å². The Balaban J connectivity index is 1.49. The molecule has 3 atom stereocenters. The van der Waals surface area contributed by atoms with Gasteiger partial charge in [-0.1, -0.05) is 18.9 Å². The number of likely N-dealkylation sites (tertiary alicyclic amines) is 1. The van der Waals surface area contributed by atoms with Crippen molar-refractivity contribution in [3.05, 3.63) is 30.1 Å². The van der Waals surface area contributed by atoms with Crippen LogP contribution in [0.25, 0.3) is 11.0 Å². The Kier molecular flexibility index (Phi) is 3.42. The third kappa shape index (κ3) is 2.32. The Morgan fingerprint density at radius 1 is 1.24 bits per heavy atom. The van der Waals surface area contributed by atoms with Crippen LogP contribution in [0.5, 0.6) is 0 Å². The number of H-pyrrole nitrogens is 1. The number of rotatable bonds is 2. The summed E-state index contributed by atoms with van der Waals surface area (Å²) in [6, 6.07) is 5.92. The summed E-state index contributed by atoms with van der Waals surface area (Å²) in [4.78, 5) is 22.8. The van der Waals surface area contributed by atoms with E-state index in [-0.39, 0.29) is 17.9 Å². The van der Waals surface area contributed by atoms with Gasteiger partial charge in [0.2, 0.25) is 0 Å². The molecule has 5 heteroatoms. The molecule has 2 N–H and O–H groups in total. The molecule has 2 aromatic rings. The van der Waals surface area contributed by atoms with Gasteiger partial charge < -0.3 is 15.0 Å². The second kappa shape index (κ2) is 5.56. The fraction of sp³-hybridized carbons (Fsp3) is 0.600. The first-order valence-electron chi connectivity index (χ1n) is 9.64. The molecule has 5 rings (SSSR count). The zero-order chi connectivity index (χ0) is 17.0. The topological polar surface area (TPSA) is 69.2 Å². The fourth-order valence-electron chi connectivity index (χ4n) is 5.35. The molecular formula is C20H25N3O2. The highest BCUT2D eigenvalue weighted by molar-refractivity contribution is 6.05. The van der Waals surface area contributed by atoms with Gasteiger partial charge in [-0.25, -0.2) is 4.98 Å². The van der Waals surface area contributed by atoms with Crippen LogP contribution in [0, 0.1) is 11.8 Å². The summed E-state index contributed by atoms with van der Waals surface area (Å²) in [6.07, 6.45) is 9.07. The molecule has 0 bridgehead atoms. The minimum absolute atomic E-state index is 0.0763. The number of aliphatic hydroxyl groups is 1. The van der Waals surface area contributed by atoms with E-state index in [0.717, 1.165) is 49.6 Å². The molecule has 2 saturated carbocycles. The van der Waals surface area contributed by atoms with E-state index in [1.807, 2.05) is 23.1 Å². The molecule has 1 saturated heterocycles. The second-order valence-corrected chi connectivity index (χ2v) is 8.08. The van der Waals surface area contributed by atoms with Crippen molar-refractivity contribution in [2.45, 2.75) is 56.6 Å². The largest absolute Gasteiger partial charge is 0.389 e. The molecule has 0 radical (unpaired) electrons. The number of amides is 1. The molecule has 1 amide bonds. The van der Waals surface area contributed by atoms with Gasteiger partial charge in [0, 0.05) is 18.5 Å². The van der Waals surface area contributed by atoms with Crippen molar-refractivity contribution in [3.63, 3.8) is 0 Å². The number of aromatic amines is 1. The molecule has 5 nitrogen and oxygen atoms in total. The molecular weight excluding hydrogens is 314 g/mol. The van der Waals surface area contributed by atoms with Crippen molar-refractivity contribution in [2.75, 3.05) is 6.54 Å². The molecule has 1 aromatic carbocycles. The van der Waals surface area contributed by atoms with Gasteiger partial charge >= 0.3 is 0 Å². The van der Waals surface area contributed by atoms with E-state index in [0.29, 0.717) is 18.0 Å². The summed E-state index contributed by atoms with van der Waals surface area (Å²) >= 11 is 0. The summed E-state index contributed by atoms with van der Waals surface area (Å²) in [7, 11) is 0. The van der Waals surface area contributed by atoms with Crippen LogP contribution in [-0.2, 0) is 0 Å². The van der Waals surface area contributed by atoms with Crippen LogP contribution in [0.1, 0.15) is 55.3 Å². The zero-order valence-corrected chi connectivity index (χ0v) is 14.4. The van der Waals surface area contributed by atoms with Crippen LogP contribution in [-0.4, -0.2) is 44.1 Å². The number of carbonyl (C=O) groups is 1. The van der Waals surface area contributed by atoms with Crippen molar-refractivity contribution in [2.24, 2.45) is 11.8 Å². The number of piperidine rings is 1. The van der Waals surface area contributed by atoms with Crippen LogP contribution in [0.2, 0.25) is 0 Å². The lowest BCUT2D eigenvalue weighted by Crippen LogP contribution is -2.61. The summed E-state index contributed by atoms with van der Waals surface area (Å²) in [6.45, 7) is 0.661. The lowest BCUT2D eigenvalue weighted by atomic mass is 9.67. The molecule has 0 spiro atoms. The standard InChI is InChI=1S/C20H25N3O2/c24-19(14-4-3-6-16-18(14)22-12-21-16)23-11-10-20(25,13-8-9-13)15-5-1-2-7-17(15)23/h3-4,6,12-13,15,17,25H,1-2,5,7-11H2,(H,21,22)/t15-,17-,20+/m1/s1. The average Bonchev–Trinajstić information content (AvgIpc) is 3.40. The zero-order valence-electron chi connectivity index (χ0n) is 14.4. The Labute approximate surface area is 147 Å². The van der Waals surface area contributed by atoms with Crippen molar-refractivity contribution in [1.82, 2.24) is 14.9 Å². The molecule has 0 unspecified atom stereocenters. The van der Waals surface area contributed by atoms with E-state index in [1.165, 1.54) is 6.42 Å². The Morgan fingerprint density at radius 2 is 2.08 bits per heavy atom. The van der Waals surface area contributed by atoms with Crippen LogP contribution in [0.4, 0.5) is 0 Å². The van der Waals surface area contributed by atoms with Gasteiger partial charge in [-0.05, 0) is 50.2 Å². The van der Waals surface area contributed by atoms with Crippen molar-refractivity contribution < 1.29 is 9.90 Å². The SMILES string of the molecule is O=C(c1cccc2[nH]cnc12)N1CC[C@](O)(C2CC2)[C@@H]2CCCC[C@H]21. The minimum Gasteiger partial charge on any atom is -0.389 e. The number of carbonyl (C=O) groups excluding carboxylic acids is 1. The van der Waals surface area contributed by atoms with Crippen LogP contribution < -0.4 is 0 Å². The number of benzene rings is 1. The van der Waals surface area contributed by atoms with Gasteiger partial charge in [0.1, 0.15) is 5.52 Å². The first-order valence-corrected chi connectivity index (χ1v) is 9.64. The number of nitrogens with one attached hydrogen (secondary N) is 1. The second-order valence-electron chi connectivity index (χ2n) is 8.08. The number of hydrogen-bond acceptors (Lipinski definition) is 3. The number of aromatic nitrogens is 2. The monoisotopic (exact) mass is 339 g/mol. The number of hydrogen-bond donors (Lipinski definition) is 2. The van der Waals surface area contributed by atoms with Gasteiger partial charge in [-0.3, -0.25) is 4.79 Å². The van der Waals surface area contributed by atoms with E-state index in [4.69, 9.17) is 0 Å². The van der Waals surface area contributed by atoms with Crippen molar-refractivity contribution in [1.29, 1.82) is 0 Å².